The highest BCUT2D eigenvalue weighted by atomic mass is 79.9. The molecule has 6 nitrogen and oxygen atoms in total. The Balaban J connectivity index is 1.81. The van der Waals surface area contributed by atoms with E-state index in [1.807, 2.05) is 13.0 Å². The van der Waals surface area contributed by atoms with Gasteiger partial charge in [-0.3, -0.25) is 10.1 Å². The third kappa shape index (κ3) is 4.65. The second kappa shape index (κ2) is 8.37. The fraction of sp³-hybridized carbons (Fsp3) is 0.0500. The molecule has 0 spiro atoms. The third-order valence-electron chi connectivity index (χ3n) is 3.82. The highest BCUT2D eigenvalue weighted by molar-refractivity contribution is 9.10. The Morgan fingerprint density at radius 1 is 1.11 bits per heavy atom. The van der Waals surface area contributed by atoms with Crippen molar-refractivity contribution in [3.05, 3.63) is 76.0 Å². The van der Waals surface area contributed by atoms with Crippen LogP contribution in [-0.4, -0.2) is 22.1 Å². The maximum absolute atomic E-state index is 12.4. The van der Waals surface area contributed by atoms with E-state index in [2.05, 4.69) is 26.6 Å². The monoisotopic (exact) mass is 458 g/mol. The minimum atomic E-state index is -1.15. The smallest absolute Gasteiger partial charge is 0.371 e. The number of benzene rings is 2. The van der Waals surface area contributed by atoms with E-state index in [9.17, 15) is 9.59 Å². The molecule has 0 fully saturated rings. The van der Waals surface area contributed by atoms with E-state index in [4.69, 9.17) is 21.7 Å². The number of furan rings is 1. The number of aromatic carboxylic acids is 1. The molecular formula is C20H15BrN2O4S. The van der Waals surface area contributed by atoms with Gasteiger partial charge in [0.2, 0.25) is 5.76 Å². The van der Waals surface area contributed by atoms with Gasteiger partial charge in [-0.1, -0.05) is 33.6 Å². The van der Waals surface area contributed by atoms with Crippen molar-refractivity contribution in [3.8, 4) is 11.3 Å². The average molecular weight is 459 g/mol. The highest BCUT2D eigenvalue weighted by Gasteiger charge is 2.15. The number of carbonyl (C=O) groups is 2. The Bertz CT molecular complexity index is 1080. The third-order valence-corrected chi connectivity index (χ3v) is 4.52. The molecule has 0 aliphatic carbocycles. The van der Waals surface area contributed by atoms with Gasteiger partial charge in [-0.25, -0.2) is 4.79 Å². The second-order valence-corrected chi connectivity index (χ2v) is 7.26. The molecule has 0 unspecified atom stereocenters. The number of hydrogen-bond acceptors (Lipinski definition) is 4. The first-order valence-corrected chi connectivity index (χ1v) is 9.35. The average Bonchev–Trinajstić information content (AvgIpc) is 3.12. The van der Waals surface area contributed by atoms with Gasteiger partial charge in [0.25, 0.3) is 5.91 Å². The van der Waals surface area contributed by atoms with Crippen molar-refractivity contribution in [2.45, 2.75) is 6.92 Å². The Kier molecular flexibility index (Phi) is 5.91. The lowest BCUT2D eigenvalue weighted by molar-refractivity contribution is 0.0663. The number of nitrogens with one attached hydrogen (secondary N) is 2. The van der Waals surface area contributed by atoms with E-state index in [1.165, 1.54) is 6.07 Å². The molecule has 0 saturated heterocycles. The van der Waals surface area contributed by atoms with E-state index in [1.54, 1.807) is 42.5 Å². The molecule has 3 aromatic rings. The van der Waals surface area contributed by atoms with Crippen LogP contribution >= 0.6 is 28.1 Å². The molecule has 0 atom stereocenters. The van der Waals surface area contributed by atoms with Crippen LogP contribution in [0.25, 0.3) is 11.3 Å². The molecule has 28 heavy (non-hydrogen) atoms. The van der Waals surface area contributed by atoms with Crippen molar-refractivity contribution in [2.24, 2.45) is 0 Å². The van der Waals surface area contributed by atoms with E-state index in [0.717, 1.165) is 10.0 Å². The van der Waals surface area contributed by atoms with Gasteiger partial charge >= 0.3 is 5.97 Å². The standard InChI is InChI=1S/C20H15BrN2O4S/c1-11-3-2-4-12(9-11)18(24)23-20(28)22-15-10-13(21)5-6-14(15)16-7-8-17(27-16)19(25)26/h2-10H,1H3,(H,25,26)(H2,22,23,24,28). The summed E-state index contributed by atoms with van der Waals surface area (Å²) < 4.78 is 6.15. The molecule has 1 aromatic heterocycles. The van der Waals surface area contributed by atoms with Crippen LogP contribution in [-0.2, 0) is 0 Å². The first-order chi connectivity index (χ1) is 13.3. The van der Waals surface area contributed by atoms with Gasteiger partial charge in [-0.2, -0.15) is 0 Å². The van der Waals surface area contributed by atoms with Crippen LogP contribution in [0.3, 0.4) is 0 Å². The van der Waals surface area contributed by atoms with E-state index < -0.39 is 5.97 Å². The number of rotatable bonds is 4. The van der Waals surface area contributed by atoms with Gasteiger partial charge in [-0.15, -0.1) is 0 Å². The largest absolute Gasteiger partial charge is 0.475 e. The molecule has 1 amide bonds. The molecule has 0 aliphatic rings. The van der Waals surface area contributed by atoms with Crippen LogP contribution in [0.15, 0.2) is 63.5 Å². The molecule has 3 rings (SSSR count). The zero-order chi connectivity index (χ0) is 20.3. The number of thiocarbonyl (C=S) groups is 1. The summed E-state index contributed by atoms with van der Waals surface area (Å²) in [6, 6.07) is 15.4. The van der Waals surface area contributed by atoms with Crippen LogP contribution in [0.4, 0.5) is 5.69 Å². The molecule has 0 bridgehead atoms. The van der Waals surface area contributed by atoms with Crippen molar-refractivity contribution in [1.29, 1.82) is 0 Å². The van der Waals surface area contributed by atoms with Crippen molar-refractivity contribution < 1.29 is 19.1 Å². The lowest BCUT2D eigenvalue weighted by atomic mass is 10.1. The lowest BCUT2D eigenvalue weighted by Gasteiger charge is -2.13. The summed E-state index contributed by atoms with van der Waals surface area (Å²) in [6.07, 6.45) is 0. The Hall–Kier alpha value is -2.97. The highest BCUT2D eigenvalue weighted by Crippen LogP contribution is 2.32. The molecular weight excluding hydrogens is 444 g/mol. The van der Waals surface area contributed by atoms with E-state index in [-0.39, 0.29) is 16.8 Å². The minimum absolute atomic E-state index is 0.107. The van der Waals surface area contributed by atoms with Crippen molar-refractivity contribution in [3.63, 3.8) is 0 Å². The summed E-state index contributed by atoms with van der Waals surface area (Å²) in [5, 5.41) is 14.8. The van der Waals surface area contributed by atoms with Gasteiger partial charge in [0.05, 0.1) is 5.69 Å². The van der Waals surface area contributed by atoms with Crippen LogP contribution in [0.5, 0.6) is 0 Å². The first-order valence-electron chi connectivity index (χ1n) is 8.15. The normalized spacial score (nSPS) is 10.4. The zero-order valence-corrected chi connectivity index (χ0v) is 17.1. The van der Waals surface area contributed by atoms with Crippen LogP contribution in [0, 0.1) is 6.92 Å². The summed E-state index contributed by atoms with van der Waals surface area (Å²) >= 11 is 8.65. The number of aryl methyl sites for hydroxylation is 1. The number of anilines is 1. The zero-order valence-electron chi connectivity index (χ0n) is 14.7. The quantitative estimate of drug-likeness (QED) is 0.484. The number of carboxylic acids is 1. The minimum Gasteiger partial charge on any atom is -0.475 e. The number of hydrogen-bond donors (Lipinski definition) is 3. The second-order valence-electron chi connectivity index (χ2n) is 5.94. The van der Waals surface area contributed by atoms with E-state index in [0.29, 0.717) is 22.6 Å². The summed E-state index contributed by atoms with van der Waals surface area (Å²) in [4.78, 5) is 23.4. The maximum atomic E-state index is 12.4. The van der Waals surface area contributed by atoms with Gasteiger partial charge < -0.3 is 14.8 Å². The molecule has 1 heterocycles. The molecule has 0 radical (unpaired) electrons. The van der Waals surface area contributed by atoms with Crippen molar-refractivity contribution >= 4 is 50.8 Å². The molecule has 0 saturated carbocycles. The Labute approximate surface area is 174 Å². The summed E-state index contributed by atoms with van der Waals surface area (Å²) in [7, 11) is 0. The summed E-state index contributed by atoms with van der Waals surface area (Å²) in [5.74, 6) is -1.29. The fourth-order valence-corrected chi connectivity index (χ4v) is 3.11. The molecule has 0 aliphatic heterocycles. The molecule has 142 valence electrons. The van der Waals surface area contributed by atoms with Gasteiger partial charge in [-0.05, 0) is 61.6 Å². The van der Waals surface area contributed by atoms with Crippen molar-refractivity contribution in [1.82, 2.24) is 5.32 Å². The molecule has 8 heteroatoms. The number of amides is 1. The lowest BCUT2D eigenvalue weighted by Crippen LogP contribution is -2.34. The predicted molar refractivity (Wildman–Crippen MR) is 114 cm³/mol. The van der Waals surface area contributed by atoms with Gasteiger partial charge in [0.1, 0.15) is 5.76 Å². The SMILES string of the molecule is Cc1cccc(C(=O)NC(=S)Nc2cc(Br)ccc2-c2ccc(C(=O)O)o2)c1. The number of carboxylic acid groups (broad SMARTS) is 1. The van der Waals surface area contributed by atoms with Crippen LogP contribution in [0.1, 0.15) is 26.5 Å². The molecule has 3 N–H and O–H groups in total. The van der Waals surface area contributed by atoms with Crippen LogP contribution in [0.2, 0.25) is 0 Å². The van der Waals surface area contributed by atoms with Crippen LogP contribution < -0.4 is 10.6 Å². The topological polar surface area (TPSA) is 91.6 Å². The number of halogens is 1. The number of carbonyl (C=O) groups excluding carboxylic acids is 1. The maximum Gasteiger partial charge on any atom is 0.371 e. The fourth-order valence-electron chi connectivity index (χ4n) is 2.55. The Morgan fingerprint density at radius 3 is 2.57 bits per heavy atom. The van der Waals surface area contributed by atoms with Crippen molar-refractivity contribution in [2.75, 3.05) is 5.32 Å². The van der Waals surface area contributed by atoms with E-state index >= 15 is 0 Å². The summed E-state index contributed by atoms with van der Waals surface area (Å²) in [6.45, 7) is 1.90. The van der Waals surface area contributed by atoms with Gasteiger partial charge in [0, 0.05) is 15.6 Å². The molecule has 2 aromatic carbocycles. The predicted octanol–water partition coefficient (Wildman–Crippen LogP) is 4.84. The summed E-state index contributed by atoms with van der Waals surface area (Å²) in [5.41, 5.74) is 2.61. The Morgan fingerprint density at radius 2 is 1.89 bits per heavy atom. The first kappa shape index (κ1) is 19.8. The van der Waals surface area contributed by atoms with Gasteiger partial charge in [0.15, 0.2) is 5.11 Å².